The first-order chi connectivity index (χ1) is 13.6. The maximum Gasteiger partial charge on any atom is 0.339 e. The Bertz CT molecular complexity index is 866. The molecule has 2 aromatic rings. The van der Waals surface area contributed by atoms with E-state index in [9.17, 15) is 4.79 Å². The Hall–Kier alpha value is -3.09. The first kappa shape index (κ1) is 19.7. The molecule has 0 bridgehead atoms. The van der Waals surface area contributed by atoms with Crippen LogP contribution in [0.25, 0.3) is 0 Å². The summed E-state index contributed by atoms with van der Waals surface area (Å²) in [4.78, 5) is 22.5. The predicted octanol–water partition coefficient (Wildman–Crippen LogP) is 3.92. The Morgan fingerprint density at radius 1 is 1.29 bits per heavy atom. The molecule has 148 valence electrons. The summed E-state index contributed by atoms with van der Waals surface area (Å²) in [7, 11) is 3.18. The molecular formula is C21H27N5O2. The molecule has 0 radical (unpaired) electrons. The number of nitrogens with zero attached hydrogens (tertiary/aromatic N) is 3. The van der Waals surface area contributed by atoms with Gasteiger partial charge < -0.3 is 20.7 Å². The molecule has 1 aliphatic carbocycles. The van der Waals surface area contributed by atoms with E-state index in [4.69, 9.17) is 10.5 Å². The van der Waals surface area contributed by atoms with Crippen LogP contribution in [0.5, 0.6) is 0 Å². The number of rotatable bonds is 7. The third-order valence-electron chi connectivity index (χ3n) is 4.97. The molecule has 3 rings (SSSR count). The Kier molecular flexibility index (Phi) is 6.47. The van der Waals surface area contributed by atoms with Crippen LogP contribution >= 0.6 is 0 Å². The molecule has 1 aromatic carbocycles. The lowest BCUT2D eigenvalue weighted by Gasteiger charge is -2.23. The van der Waals surface area contributed by atoms with Gasteiger partial charge in [0.1, 0.15) is 12.0 Å². The van der Waals surface area contributed by atoms with Crippen molar-refractivity contribution >= 4 is 29.0 Å². The van der Waals surface area contributed by atoms with Crippen molar-refractivity contribution in [2.45, 2.75) is 32.1 Å². The van der Waals surface area contributed by atoms with Crippen LogP contribution in [0.2, 0.25) is 0 Å². The maximum absolute atomic E-state index is 12.1. The fourth-order valence-corrected chi connectivity index (χ4v) is 3.43. The van der Waals surface area contributed by atoms with E-state index < -0.39 is 5.97 Å². The summed E-state index contributed by atoms with van der Waals surface area (Å²) < 4.78 is 4.88. The minimum absolute atomic E-state index is 0.408. The number of carbonyl (C=O) groups excluding carboxylic acids is 1. The molecule has 0 aliphatic heterocycles. The summed E-state index contributed by atoms with van der Waals surface area (Å²) in [5.74, 6) is 0.726. The van der Waals surface area contributed by atoms with Crippen molar-refractivity contribution in [3.8, 4) is 0 Å². The van der Waals surface area contributed by atoms with Crippen LogP contribution in [-0.2, 0) is 4.74 Å². The molecule has 7 heteroatoms. The zero-order chi connectivity index (χ0) is 19.9. The van der Waals surface area contributed by atoms with Crippen molar-refractivity contribution in [3.63, 3.8) is 0 Å². The van der Waals surface area contributed by atoms with Gasteiger partial charge in [0.15, 0.2) is 11.6 Å². The van der Waals surface area contributed by atoms with Gasteiger partial charge in [0.05, 0.1) is 18.4 Å². The summed E-state index contributed by atoms with van der Waals surface area (Å²) in [6, 6.07) is 7.19. The number of ether oxygens (including phenoxy) is 1. The highest BCUT2D eigenvalue weighted by atomic mass is 16.5. The number of aromatic nitrogens is 2. The number of allylic oxidation sites excluding steroid dienone is 1. The molecule has 28 heavy (non-hydrogen) atoms. The minimum atomic E-state index is -0.408. The SMILES string of the molecule is COC(=O)c1ccccc1N(C)c1ncnc(NCCC2=CCCCC2)c1N. The van der Waals surface area contributed by atoms with Gasteiger partial charge in [-0.1, -0.05) is 23.8 Å². The van der Waals surface area contributed by atoms with Gasteiger partial charge in [-0.25, -0.2) is 14.8 Å². The van der Waals surface area contributed by atoms with Crippen molar-refractivity contribution in [3.05, 3.63) is 47.8 Å². The first-order valence-electron chi connectivity index (χ1n) is 9.55. The van der Waals surface area contributed by atoms with Gasteiger partial charge in [-0.15, -0.1) is 0 Å². The first-order valence-corrected chi connectivity index (χ1v) is 9.55. The number of anilines is 4. The van der Waals surface area contributed by atoms with Crippen LogP contribution in [0.3, 0.4) is 0 Å². The number of esters is 1. The van der Waals surface area contributed by atoms with E-state index in [1.54, 1.807) is 17.0 Å². The molecule has 0 fully saturated rings. The van der Waals surface area contributed by atoms with Gasteiger partial charge in [0.2, 0.25) is 0 Å². The molecule has 0 spiro atoms. The zero-order valence-electron chi connectivity index (χ0n) is 16.4. The van der Waals surface area contributed by atoms with E-state index in [1.807, 2.05) is 19.2 Å². The van der Waals surface area contributed by atoms with Crippen molar-refractivity contribution in [1.29, 1.82) is 0 Å². The lowest BCUT2D eigenvalue weighted by molar-refractivity contribution is 0.0601. The molecule has 0 atom stereocenters. The van der Waals surface area contributed by atoms with Gasteiger partial charge in [-0.05, 0) is 44.2 Å². The number of methoxy groups -OCH3 is 1. The molecule has 0 amide bonds. The minimum Gasteiger partial charge on any atom is -0.465 e. The van der Waals surface area contributed by atoms with Crippen LogP contribution in [0.1, 0.15) is 42.5 Å². The summed E-state index contributed by atoms with van der Waals surface area (Å²) in [6.45, 7) is 0.773. The topological polar surface area (TPSA) is 93.4 Å². The highest BCUT2D eigenvalue weighted by molar-refractivity contribution is 5.97. The van der Waals surface area contributed by atoms with Crippen LogP contribution in [-0.4, -0.2) is 36.6 Å². The monoisotopic (exact) mass is 381 g/mol. The highest BCUT2D eigenvalue weighted by Crippen LogP contribution is 2.32. The molecule has 0 saturated heterocycles. The van der Waals surface area contributed by atoms with Crippen LogP contribution in [0.4, 0.5) is 23.0 Å². The van der Waals surface area contributed by atoms with Crippen molar-refractivity contribution in [2.24, 2.45) is 0 Å². The van der Waals surface area contributed by atoms with Gasteiger partial charge in [0.25, 0.3) is 0 Å². The Morgan fingerprint density at radius 2 is 2.11 bits per heavy atom. The number of hydrogen-bond acceptors (Lipinski definition) is 7. The van der Waals surface area contributed by atoms with Gasteiger partial charge in [-0.2, -0.15) is 0 Å². The Balaban J connectivity index is 1.77. The van der Waals surface area contributed by atoms with E-state index in [2.05, 4.69) is 21.4 Å². The van der Waals surface area contributed by atoms with Gasteiger partial charge in [0, 0.05) is 13.6 Å². The third kappa shape index (κ3) is 4.42. The molecular weight excluding hydrogens is 354 g/mol. The highest BCUT2D eigenvalue weighted by Gasteiger charge is 2.19. The smallest absolute Gasteiger partial charge is 0.339 e. The number of nitrogens with one attached hydrogen (secondary N) is 1. The molecule has 1 heterocycles. The Morgan fingerprint density at radius 3 is 2.86 bits per heavy atom. The zero-order valence-corrected chi connectivity index (χ0v) is 16.4. The number of benzene rings is 1. The second kappa shape index (κ2) is 9.21. The predicted molar refractivity (Wildman–Crippen MR) is 112 cm³/mol. The summed E-state index contributed by atoms with van der Waals surface area (Å²) in [6.07, 6.45) is 9.73. The molecule has 7 nitrogen and oxygen atoms in total. The molecule has 0 saturated carbocycles. The number of carbonyl (C=O) groups is 1. The fourth-order valence-electron chi connectivity index (χ4n) is 3.43. The number of nitrogen functional groups attached to an aromatic ring is 1. The van der Waals surface area contributed by atoms with Crippen molar-refractivity contribution in [2.75, 3.05) is 36.7 Å². The average molecular weight is 381 g/mol. The van der Waals surface area contributed by atoms with Crippen molar-refractivity contribution in [1.82, 2.24) is 9.97 Å². The second-order valence-corrected chi connectivity index (χ2v) is 6.81. The van der Waals surface area contributed by atoms with Gasteiger partial charge >= 0.3 is 5.97 Å². The lowest BCUT2D eigenvalue weighted by atomic mass is 9.97. The van der Waals surface area contributed by atoms with Gasteiger partial charge in [-0.3, -0.25) is 0 Å². The van der Waals surface area contributed by atoms with E-state index in [-0.39, 0.29) is 0 Å². The maximum atomic E-state index is 12.1. The van der Waals surface area contributed by atoms with Crippen LogP contribution < -0.4 is 16.0 Å². The second-order valence-electron chi connectivity index (χ2n) is 6.81. The van der Waals surface area contributed by atoms with Crippen LogP contribution in [0, 0.1) is 0 Å². The summed E-state index contributed by atoms with van der Waals surface area (Å²) in [5, 5.41) is 3.32. The quantitative estimate of drug-likeness (QED) is 0.554. The standard InChI is InChI=1S/C21H27N5O2/c1-26(17-11-7-6-10-16(17)21(27)28-2)20-18(22)19(24-14-25-20)23-13-12-15-8-4-3-5-9-15/h6-8,10-11,14H,3-5,9,12-13,22H2,1-2H3,(H,23,24,25). The molecule has 1 aliphatic rings. The largest absolute Gasteiger partial charge is 0.465 e. The number of para-hydroxylation sites is 1. The summed E-state index contributed by atoms with van der Waals surface area (Å²) >= 11 is 0. The third-order valence-corrected chi connectivity index (χ3v) is 4.97. The average Bonchev–Trinajstić information content (AvgIpc) is 2.74. The normalized spacial score (nSPS) is 13.6. The van der Waals surface area contributed by atoms with E-state index >= 15 is 0 Å². The van der Waals surface area contributed by atoms with Crippen molar-refractivity contribution < 1.29 is 9.53 Å². The lowest BCUT2D eigenvalue weighted by Crippen LogP contribution is -2.19. The molecule has 0 unspecified atom stereocenters. The molecule has 3 N–H and O–H groups in total. The van der Waals surface area contributed by atoms with E-state index in [0.717, 1.165) is 13.0 Å². The van der Waals surface area contributed by atoms with E-state index in [1.165, 1.54) is 44.7 Å². The van der Waals surface area contributed by atoms with Crippen LogP contribution in [0.15, 0.2) is 42.2 Å². The summed E-state index contributed by atoms with van der Waals surface area (Å²) in [5.41, 5.74) is 9.40. The fraction of sp³-hybridized carbons (Fsp3) is 0.381. The number of nitrogens with two attached hydrogens (primary N) is 1. The molecule has 1 aromatic heterocycles. The Labute approximate surface area is 165 Å². The number of hydrogen-bond donors (Lipinski definition) is 2. The van der Waals surface area contributed by atoms with E-state index in [0.29, 0.717) is 28.6 Å².